The number of hydrogen-bond acceptors (Lipinski definition) is 8. The molecule has 10 nitrogen and oxygen atoms in total. The molecule has 0 aliphatic heterocycles. The van der Waals surface area contributed by atoms with E-state index in [4.69, 9.17) is 19.3 Å². The van der Waals surface area contributed by atoms with Gasteiger partial charge < -0.3 is 34.6 Å². The zero-order valence-corrected chi connectivity index (χ0v) is 31.8. The van der Waals surface area contributed by atoms with E-state index in [-0.39, 0.29) is 25.9 Å². The van der Waals surface area contributed by atoms with Gasteiger partial charge in [-0.15, -0.1) is 0 Å². The minimum Gasteiger partial charge on any atom is -0.498 e. The summed E-state index contributed by atoms with van der Waals surface area (Å²) in [5.74, 6) is -0.636. The molecule has 0 heterocycles. The molecule has 0 aromatic carbocycles. The highest BCUT2D eigenvalue weighted by molar-refractivity contribution is 7.46. The molecule has 0 fully saturated rings. The first kappa shape index (κ1) is 48.0. The summed E-state index contributed by atoms with van der Waals surface area (Å²) in [5, 5.41) is 30.3. The van der Waals surface area contributed by atoms with Crippen LogP contribution in [0.4, 0.5) is 0 Å². The number of esters is 1. The van der Waals surface area contributed by atoms with Crippen LogP contribution in [0.1, 0.15) is 142 Å². The number of carbonyl (C=O) groups excluding carboxylic acids is 1. The van der Waals surface area contributed by atoms with Crippen LogP contribution in [0.25, 0.3) is 0 Å². The zero-order chi connectivity index (χ0) is 37.1. The number of hydrogen-bond donors (Lipinski definition) is 5. The summed E-state index contributed by atoms with van der Waals surface area (Å²) in [4.78, 5) is 30.5. The highest BCUT2D eigenvalue weighted by atomic mass is 31.2. The van der Waals surface area contributed by atoms with Crippen LogP contribution in [0.5, 0.6) is 0 Å². The molecule has 4 atom stereocenters. The molecule has 0 aromatic rings. The molecule has 0 bridgehead atoms. The Labute approximate surface area is 302 Å². The Kier molecular flexibility index (Phi) is 32.7. The van der Waals surface area contributed by atoms with E-state index < -0.39 is 44.8 Å². The summed E-state index contributed by atoms with van der Waals surface area (Å²) < 4.78 is 26.5. The minimum atomic E-state index is -4.76. The largest absolute Gasteiger partial charge is 0.498 e. The molecule has 290 valence electrons. The zero-order valence-electron chi connectivity index (χ0n) is 30.9. The maximum absolute atomic E-state index is 12.4. The lowest BCUT2D eigenvalue weighted by atomic mass is 10.0. The number of aliphatic hydroxyl groups excluding tert-OH is 3. The van der Waals surface area contributed by atoms with Crippen LogP contribution in [-0.4, -0.2) is 68.7 Å². The van der Waals surface area contributed by atoms with Gasteiger partial charge in [-0.3, -0.25) is 9.32 Å². The van der Waals surface area contributed by atoms with Crippen molar-refractivity contribution in [2.75, 3.05) is 13.2 Å². The third-order valence-corrected chi connectivity index (χ3v) is 8.49. The summed E-state index contributed by atoms with van der Waals surface area (Å²) in [6.45, 7) is 3.70. The van der Waals surface area contributed by atoms with Crippen molar-refractivity contribution in [1.82, 2.24) is 0 Å². The second-order valence-corrected chi connectivity index (χ2v) is 14.1. The summed E-state index contributed by atoms with van der Waals surface area (Å²) in [7, 11) is -4.76. The van der Waals surface area contributed by atoms with Crippen molar-refractivity contribution in [2.24, 2.45) is 0 Å². The molecule has 0 saturated carbocycles. The monoisotopic (exact) mass is 728 g/mol. The van der Waals surface area contributed by atoms with Gasteiger partial charge in [-0.2, -0.15) is 0 Å². The molecule has 50 heavy (non-hydrogen) atoms. The van der Waals surface area contributed by atoms with Gasteiger partial charge in [-0.1, -0.05) is 152 Å². The van der Waals surface area contributed by atoms with Crippen molar-refractivity contribution in [3.8, 4) is 0 Å². The van der Waals surface area contributed by atoms with E-state index in [9.17, 15) is 24.7 Å². The number of phosphoric acid groups is 1. The topological polar surface area (TPSA) is 163 Å². The average Bonchev–Trinajstić information content (AvgIpc) is 3.07. The minimum absolute atomic E-state index is 0.0692. The quantitative estimate of drug-likeness (QED) is 0.0142. The lowest BCUT2D eigenvalue weighted by Gasteiger charge is -2.18. The Hall–Kier alpha value is -2.04. The van der Waals surface area contributed by atoms with Crippen LogP contribution in [0.15, 0.2) is 60.9 Å². The molecule has 0 aromatic heterocycles. The molecule has 11 heteroatoms. The standard InChI is InChI=1S/C39H69O10P/c1-3-5-7-8-9-10-11-12-13-14-15-18-21-25-32-47-33-36(34-48-50(44,45)46)49-39(43)31-26-30-38(42)37(41)29-24-20-17-16-19-23-28-35(40)27-22-6-4-2/h16-17,19-20,23-25,28-29,32,35-38,40-42H,3-15,18,21-22,26-27,30-31,33-34H2,1-2H3,(H2,44,45,46)/b19-16-,20-17+,28-23+,29-24+,32-25+/t35-,36+,37-,38-/m0/s1. The van der Waals surface area contributed by atoms with Crippen LogP contribution >= 0.6 is 7.82 Å². The number of phosphoric ester groups is 1. The molecule has 0 spiro atoms. The van der Waals surface area contributed by atoms with E-state index in [0.29, 0.717) is 0 Å². The summed E-state index contributed by atoms with van der Waals surface area (Å²) in [6.07, 6.45) is 33.8. The molecular weight excluding hydrogens is 659 g/mol. The molecule has 0 amide bonds. The first-order valence-corrected chi connectivity index (χ1v) is 20.5. The van der Waals surface area contributed by atoms with Gasteiger partial charge in [-0.25, -0.2) is 4.57 Å². The molecule has 0 rings (SSSR count). The van der Waals surface area contributed by atoms with Gasteiger partial charge in [0.05, 0.1) is 31.2 Å². The lowest BCUT2D eigenvalue weighted by Crippen LogP contribution is -2.28. The highest BCUT2D eigenvalue weighted by Crippen LogP contribution is 2.36. The van der Waals surface area contributed by atoms with E-state index in [1.165, 1.54) is 76.5 Å². The fourth-order valence-corrected chi connectivity index (χ4v) is 5.39. The van der Waals surface area contributed by atoms with Gasteiger partial charge in [0.2, 0.25) is 0 Å². The van der Waals surface area contributed by atoms with E-state index >= 15 is 0 Å². The summed E-state index contributed by atoms with van der Waals surface area (Å²) >= 11 is 0. The fourth-order valence-electron chi connectivity index (χ4n) is 5.02. The predicted octanol–water partition coefficient (Wildman–Crippen LogP) is 8.69. The second-order valence-electron chi connectivity index (χ2n) is 12.8. The normalized spacial score (nSPS) is 15.2. The number of aliphatic hydroxyl groups is 3. The number of ether oxygens (including phenoxy) is 2. The number of unbranched alkanes of at least 4 members (excludes halogenated alkanes) is 14. The van der Waals surface area contributed by atoms with E-state index in [1.54, 1.807) is 42.5 Å². The fraction of sp³-hybridized carbons (Fsp3) is 0.718. The molecular formula is C39H69O10P. The Balaban J connectivity index is 4.29. The Morgan fingerprint density at radius 1 is 0.660 bits per heavy atom. The number of carbonyl (C=O) groups is 1. The van der Waals surface area contributed by atoms with Gasteiger partial charge in [-0.05, 0) is 38.2 Å². The van der Waals surface area contributed by atoms with Gasteiger partial charge in [0.1, 0.15) is 6.61 Å². The molecule has 0 unspecified atom stereocenters. The van der Waals surface area contributed by atoms with E-state index in [0.717, 1.165) is 44.9 Å². The van der Waals surface area contributed by atoms with Gasteiger partial charge in [0.25, 0.3) is 0 Å². The van der Waals surface area contributed by atoms with Gasteiger partial charge in [0.15, 0.2) is 6.10 Å². The number of allylic oxidation sites excluding steroid dienone is 7. The maximum Gasteiger partial charge on any atom is 0.469 e. The SMILES string of the molecule is CCCCCCCCCCCCCC/C=C/OC[C@H](COP(=O)(O)O)OC(=O)CCC[C@H](O)[C@@H](O)/C=C/C=C/C=C\C=C\[C@@H](O)CCCCC. The third kappa shape index (κ3) is 34.4. The summed E-state index contributed by atoms with van der Waals surface area (Å²) in [6, 6.07) is 0. The van der Waals surface area contributed by atoms with Crippen LogP contribution in [0, 0.1) is 0 Å². The van der Waals surface area contributed by atoms with E-state index in [1.807, 2.05) is 6.08 Å². The maximum atomic E-state index is 12.4. The van der Waals surface area contributed by atoms with Crippen LogP contribution in [0.3, 0.4) is 0 Å². The van der Waals surface area contributed by atoms with Crippen molar-refractivity contribution in [3.05, 3.63) is 60.9 Å². The molecule has 0 radical (unpaired) electrons. The van der Waals surface area contributed by atoms with Crippen LogP contribution in [0.2, 0.25) is 0 Å². The van der Waals surface area contributed by atoms with Crippen molar-refractivity contribution in [1.29, 1.82) is 0 Å². The summed E-state index contributed by atoms with van der Waals surface area (Å²) in [5.41, 5.74) is 0. The smallest absolute Gasteiger partial charge is 0.469 e. The molecule has 0 aliphatic rings. The molecule has 0 saturated heterocycles. The Morgan fingerprint density at radius 3 is 1.80 bits per heavy atom. The van der Waals surface area contributed by atoms with Gasteiger partial charge in [0, 0.05) is 6.42 Å². The lowest BCUT2D eigenvalue weighted by molar-refractivity contribution is -0.153. The predicted molar refractivity (Wildman–Crippen MR) is 201 cm³/mol. The Bertz CT molecular complexity index is 987. The molecule has 0 aliphatic carbocycles. The van der Waals surface area contributed by atoms with Crippen molar-refractivity contribution < 1.29 is 48.5 Å². The van der Waals surface area contributed by atoms with E-state index in [2.05, 4.69) is 18.4 Å². The van der Waals surface area contributed by atoms with Crippen molar-refractivity contribution in [2.45, 2.75) is 167 Å². The Morgan fingerprint density at radius 2 is 1.20 bits per heavy atom. The first-order chi connectivity index (χ1) is 24.1. The first-order valence-electron chi connectivity index (χ1n) is 19.0. The van der Waals surface area contributed by atoms with Crippen LogP contribution in [-0.2, 0) is 23.4 Å². The third-order valence-electron chi connectivity index (χ3n) is 8.00. The number of rotatable bonds is 34. The molecule has 5 N–H and O–H groups in total. The van der Waals surface area contributed by atoms with Crippen molar-refractivity contribution in [3.63, 3.8) is 0 Å². The van der Waals surface area contributed by atoms with Crippen LogP contribution < -0.4 is 0 Å². The second kappa shape index (κ2) is 34.1. The van der Waals surface area contributed by atoms with Crippen molar-refractivity contribution >= 4 is 13.8 Å². The highest BCUT2D eigenvalue weighted by Gasteiger charge is 2.22. The average molecular weight is 729 g/mol. The van der Waals surface area contributed by atoms with Gasteiger partial charge >= 0.3 is 13.8 Å².